The number of aryl methyl sites for hydroxylation is 1. The van der Waals surface area contributed by atoms with Crippen LogP contribution in [0.3, 0.4) is 0 Å². The Labute approximate surface area is 113 Å². The number of rotatable bonds is 3. The minimum absolute atomic E-state index is 0.742. The van der Waals surface area contributed by atoms with Crippen LogP contribution in [0.15, 0.2) is 18.2 Å². The van der Waals surface area contributed by atoms with Gasteiger partial charge in [0.25, 0.3) is 0 Å². The monoisotopic (exact) mass is 263 g/mol. The first kappa shape index (κ1) is 13.1. The van der Waals surface area contributed by atoms with Gasteiger partial charge in [0.1, 0.15) is 0 Å². The maximum Gasteiger partial charge on any atom is 0.0727 e. The molecule has 0 aliphatic carbocycles. The molecule has 1 heterocycles. The quantitative estimate of drug-likeness (QED) is 0.923. The van der Waals surface area contributed by atoms with Crippen molar-refractivity contribution in [3.63, 3.8) is 0 Å². The van der Waals surface area contributed by atoms with Gasteiger partial charge in [0.2, 0.25) is 0 Å². The van der Waals surface area contributed by atoms with E-state index in [-0.39, 0.29) is 0 Å². The van der Waals surface area contributed by atoms with Gasteiger partial charge < -0.3 is 10.2 Å². The molecule has 0 aliphatic rings. The normalized spacial score (nSPS) is 10.9. The molecule has 96 valence electrons. The van der Waals surface area contributed by atoms with Crippen molar-refractivity contribution in [2.45, 2.75) is 13.5 Å². The Hall–Kier alpha value is -1.32. The fourth-order valence-electron chi connectivity index (χ4n) is 2.28. The third-order valence-corrected chi connectivity index (χ3v) is 3.26. The van der Waals surface area contributed by atoms with Gasteiger partial charge in [0, 0.05) is 42.3 Å². The summed E-state index contributed by atoms with van der Waals surface area (Å²) in [5, 5.41) is 5.04. The van der Waals surface area contributed by atoms with Gasteiger partial charge >= 0.3 is 0 Å². The van der Waals surface area contributed by atoms with E-state index in [1.165, 1.54) is 11.3 Å². The fraction of sp³-hybridized carbons (Fsp3) is 0.357. The molecule has 0 amide bonds. The molecule has 0 aliphatic heterocycles. The summed E-state index contributed by atoms with van der Waals surface area (Å²) in [6, 6.07) is 5.84. The van der Waals surface area contributed by atoms with Crippen molar-refractivity contribution in [1.29, 1.82) is 0 Å². The van der Waals surface area contributed by atoms with Gasteiger partial charge in [-0.2, -0.15) is 0 Å². The molecule has 0 radical (unpaired) electrons. The van der Waals surface area contributed by atoms with E-state index in [9.17, 15) is 0 Å². The highest BCUT2D eigenvalue weighted by molar-refractivity contribution is 6.31. The highest BCUT2D eigenvalue weighted by Gasteiger charge is 2.14. The van der Waals surface area contributed by atoms with Gasteiger partial charge in [-0.1, -0.05) is 11.6 Å². The number of nitrogens with zero attached hydrogens (tertiary/aromatic N) is 2. The first-order chi connectivity index (χ1) is 8.54. The van der Waals surface area contributed by atoms with E-state index in [1.54, 1.807) is 0 Å². The third kappa shape index (κ3) is 2.28. The highest BCUT2D eigenvalue weighted by atomic mass is 35.5. The number of nitrogens with one attached hydrogen (secondary N) is 1. The second-order valence-electron chi connectivity index (χ2n) is 4.61. The molecular formula is C14H18ClN3. The van der Waals surface area contributed by atoms with E-state index < -0.39 is 0 Å². The summed E-state index contributed by atoms with van der Waals surface area (Å²) in [7, 11) is 6.05. The molecule has 0 spiro atoms. The summed E-state index contributed by atoms with van der Waals surface area (Å²) in [5.74, 6) is 0. The molecule has 3 nitrogen and oxygen atoms in total. The summed E-state index contributed by atoms with van der Waals surface area (Å²) in [4.78, 5) is 6.78. The van der Waals surface area contributed by atoms with Crippen molar-refractivity contribution in [2.24, 2.45) is 0 Å². The second kappa shape index (κ2) is 5.12. The Kier molecular flexibility index (Phi) is 3.73. The first-order valence-electron chi connectivity index (χ1n) is 5.95. The Morgan fingerprint density at radius 2 is 2.06 bits per heavy atom. The Balaban J connectivity index is 2.82. The van der Waals surface area contributed by atoms with Crippen LogP contribution >= 0.6 is 11.6 Å². The van der Waals surface area contributed by atoms with Crippen LogP contribution in [0.2, 0.25) is 5.02 Å². The van der Waals surface area contributed by atoms with Crippen LogP contribution in [0.1, 0.15) is 11.3 Å². The molecule has 0 unspecified atom stereocenters. The summed E-state index contributed by atoms with van der Waals surface area (Å²) < 4.78 is 0. The van der Waals surface area contributed by atoms with Crippen LogP contribution in [0, 0.1) is 6.92 Å². The molecule has 1 aromatic carbocycles. The van der Waals surface area contributed by atoms with Crippen molar-refractivity contribution in [3.8, 4) is 0 Å². The SMILES string of the molecule is CNCc1c(C)nc2ccc(Cl)cc2c1N(C)C. The Morgan fingerprint density at radius 1 is 1.33 bits per heavy atom. The van der Waals surface area contributed by atoms with Crippen molar-refractivity contribution in [2.75, 3.05) is 26.0 Å². The van der Waals surface area contributed by atoms with Crippen molar-refractivity contribution in [1.82, 2.24) is 10.3 Å². The number of halogens is 1. The lowest BCUT2D eigenvalue weighted by Gasteiger charge is -2.21. The molecule has 4 heteroatoms. The molecule has 0 fully saturated rings. The van der Waals surface area contributed by atoms with Gasteiger partial charge in [-0.3, -0.25) is 4.98 Å². The van der Waals surface area contributed by atoms with Crippen molar-refractivity contribution >= 4 is 28.2 Å². The summed E-state index contributed by atoms with van der Waals surface area (Å²) in [6.45, 7) is 2.85. The van der Waals surface area contributed by atoms with Crippen LogP contribution in [-0.4, -0.2) is 26.1 Å². The number of anilines is 1. The number of fused-ring (bicyclic) bond motifs is 1. The number of pyridine rings is 1. The standard InChI is InChI=1S/C14H18ClN3/c1-9-12(8-16-2)14(18(3)4)11-7-10(15)5-6-13(11)17-9/h5-7,16H,8H2,1-4H3. The number of aromatic nitrogens is 1. The Morgan fingerprint density at radius 3 is 2.67 bits per heavy atom. The fourth-order valence-corrected chi connectivity index (χ4v) is 2.45. The number of benzene rings is 1. The van der Waals surface area contributed by atoms with E-state index in [0.29, 0.717) is 0 Å². The van der Waals surface area contributed by atoms with Crippen LogP contribution in [0.4, 0.5) is 5.69 Å². The van der Waals surface area contributed by atoms with Crippen molar-refractivity contribution in [3.05, 3.63) is 34.5 Å². The average Bonchev–Trinajstić information content (AvgIpc) is 2.30. The molecule has 0 bridgehead atoms. The topological polar surface area (TPSA) is 28.2 Å². The molecule has 2 rings (SSSR count). The van der Waals surface area contributed by atoms with Crippen LogP contribution in [-0.2, 0) is 6.54 Å². The van der Waals surface area contributed by atoms with E-state index in [2.05, 4.69) is 15.2 Å². The molecule has 18 heavy (non-hydrogen) atoms. The smallest absolute Gasteiger partial charge is 0.0727 e. The van der Waals surface area contributed by atoms with Gasteiger partial charge in [-0.05, 0) is 32.2 Å². The van der Waals surface area contributed by atoms with E-state index in [0.717, 1.165) is 28.2 Å². The summed E-state index contributed by atoms with van der Waals surface area (Å²) in [6.07, 6.45) is 0. The summed E-state index contributed by atoms with van der Waals surface area (Å²) in [5.41, 5.74) is 4.45. The minimum atomic E-state index is 0.742. The summed E-state index contributed by atoms with van der Waals surface area (Å²) >= 11 is 6.10. The second-order valence-corrected chi connectivity index (χ2v) is 5.05. The molecular weight excluding hydrogens is 246 g/mol. The van der Waals surface area contributed by atoms with Crippen LogP contribution < -0.4 is 10.2 Å². The lowest BCUT2D eigenvalue weighted by atomic mass is 10.1. The molecule has 1 N–H and O–H groups in total. The van der Waals surface area contributed by atoms with E-state index in [4.69, 9.17) is 11.6 Å². The van der Waals surface area contributed by atoms with E-state index >= 15 is 0 Å². The number of hydrogen-bond donors (Lipinski definition) is 1. The number of hydrogen-bond acceptors (Lipinski definition) is 3. The molecule has 0 saturated carbocycles. The van der Waals surface area contributed by atoms with Gasteiger partial charge in [0.05, 0.1) is 11.2 Å². The highest BCUT2D eigenvalue weighted by Crippen LogP contribution is 2.32. The van der Waals surface area contributed by atoms with Gasteiger partial charge in [-0.25, -0.2) is 0 Å². The largest absolute Gasteiger partial charge is 0.377 e. The molecule has 1 aromatic heterocycles. The van der Waals surface area contributed by atoms with Crippen LogP contribution in [0.25, 0.3) is 10.9 Å². The van der Waals surface area contributed by atoms with Gasteiger partial charge in [-0.15, -0.1) is 0 Å². The molecule has 0 atom stereocenters. The maximum absolute atomic E-state index is 6.10. The van der Waals surface area contributed by atoms with Crippen LogP contribution in [0.5, 0.6) is 0 Å². The zero-order chi connectivity index (χ0) is 13.3. The third-order valence-electron chi connectivity index (χ3n) is 3.03. The average molecular weight is 264 g/mol. The molecule has 0 saturated heterocycles. The van der Waals surface area contributed by atoms with Crippen molar-refractivity contribution < 1.29 is 0 Å². The van der Waals surface area contributed by atoms with Gasteiger partial charge in [0.15, 0.2) is 0 Å². The predicted octanol–water partition coefficient (Wildman–Crippen LogP) is 2.98. The maximum atomic E-state index is 6.10. The first-order valence-corrected chi connectivity index (χ1v) is 6.33. The lowest BCUT2D eigenvalue weighted by Crippen LogP contribution is -2.17. The Bertz CT molecular complexity index is 579. The molecule has 2 aromatic rings. The zero-order valence-electron chi connectivity index (χ0n) is 11.2. The lowest BCUT2D eigenvalue weighted by molar-refractivity contribution is 0.804. The zero-order valence-corrected chi connectivity index (χ0v) is 12.0. The minimum Gasteiger partial charge on any atom is -0.377 e. The predicted molar refractivity (Wildman–Crippen MR) is 78.6 cm³/mol. The van der Waals surface area contributed by atoms with E-state index in [1.807, 2.05) is 46.3 Å².